The van der Waals surface area contributed by atoms with Crippen molar-refractivity contribution in [1.29, 1.82) is 0 Å². The number of carboxylic acids is 1. The highest BCUT2D eigenvalue weighted by molar-refractivity contribution is 7.89. The predicted octanol–water partition coefficient (Wildman–Crippen LogP) is 0.657. The van der Waals surface area contributed by atoms with Crippen LogP contribution in [-0.2, 0) is 26.0 Å². The summed E-state index contributed by atoms with van der Waals surface area (Å²) >= 11 is 0. The number of carboxylic acid groups (broad SMARTS) is 1. The summed E-state index contributed by atoms with van der Waals surface area (Å²) in [6.07, 6.45) is -0.0196. The van der Waals surface area contributed by atoms with Crippen LogP contribution < -0.4 is 9.83 Å². The summed E-state index contributed by atoms with van der Waals surface area (Å²) in [4.78, 5) is 11.4. The number of hydrogen-bond donors (Lipinski definition) is 1. The maximum absolute atomic E-state index is 12.6. The molecule has 0 aliphatic carbocycles. The van der Waals surface area contributed by atoms with Crippen LogP contribution in [0, 0.1) is 0 Å². The van der Waals surface area contributed by atoms with E-state index in [4.69, 9.17) is 4.74 Å². The van der Waals surface area contributed by atoms with Crippen molar-refractivity contribution in [1.82, 2.24) is 9.73 Å². The third-order valence-electron chi connectivity index (χ3n) is 4.29. The van der Waals surface area contributed by atoms with Crippen molar-refractivity contribution in [2.24, 2.45) is 10.3 Å². The zero-order chi connectivity index (χ0) is 20.7. The number of ether oxygens (including phenoxy) is 1. The van der Waals surface area contributed by atoms with Crippen LogP contribution in [0.5, 0.6) is 0 Å². The first-order valence-electron chi connectivity index (χ1n) is 9.05. The molecule has 1 aliphatic rings. The van der Waals surface area contributed by atoms with Gasteiger partial charge in [-0.25, -0.2) is 13.1 Å². The van der Waals surface area contributed by atoms with Gasteiger partial charge in [0.1, 0.15) is 0 Å². The van der Waals surface area contributed by atoms with Gasteiger partial charge in [0, 0.05) is 0 Å². The molecule has 1 atom stereocenters. The molecule has 1 aliphatic heterocycles. The summed E-state index contributed by atoms with van der Waals surface area (Å²) < 4.78 is 32.6. The van der Waals surface area contributed by atoms with Gasteiger partial charge in [-0.2, -0.15) is 0 Å². The number of morpholine rings is 1. The lowest BCUT2D eigenvalue weighted by Gasteiger charge is -2.22. The lowest BCUT2D eigenvalue weighted by atomic mass is 10.1. The molecule has 0 spiro atoms. The monoisotopic (exact) mass is 417 g/mol. The van der Waals surface area contributed by atoms with Gasteiger partial charge in [-0.3, -0.25) is 5.01 Å². The Kier molecular flexibility index (Phi) is 6.91. The molecular weight excluding hydrogens is 396 g/mol. The Bertz CT molecular complexity index is 942. The van der Waals surface area contributed by atoms with Gasteiger partial charge >= 0.3 is 0 Å². The number of carbonyl (C=O) groups is 1. The summed E-state index contributed by atoms with van der Waals surface area (Å²) in [6.45, 7) is 2.47. The molecule has 10 heteroatoms. The molecule has 2 aromatic carbocycles. The van der Waals surface area contributed by atoms with Crippen LogP contribution >= 0.6 is 0 Å². The lowest BCUT2D eigenvalue weighted by molar-refractivity contribution is -0.307. The van der Waals surface area contributed by atoms with E-state index in [1.165, 1.54) is 24.3 Å². The SMILES string of the molecule is O=C([O-])[C@@H](Cc1ccccc1)NS(=O)(=O)c1ccc(N=NN2CCOCC2)cc1. The van der Waals surface area contributed by atoms with Crippen LogP contribution in [0.2, 0.25) is 0 Å². The molecule has 0 bridgehead atoms. The van der Waals surface area contributed by atoms with E-state index in [0.717, 1.165) is 0 Å². The van der Waals surface area contributed by atoms with Crippen molar-refractivity contribution >= 4 is 21.7 Å². The molecule has 1 saturated heterocycles. The third-order valence-corrected chi connectivity index (χ3v) is 5.77. The Morgan fingerprint density at radius 1 is 1.10 bits per heavy atom. The van der Waals surface area contributed by atoms with Gasteiger partial charge in [0.05, 0.1) is 48.9 Å². The van der Waals surface area contributed by atoms with Crippen LogP contribution in [0.4, 0.5) is 5.69 Å². The summed E-state index contributed by atoms with van der Waals surface area (Å²) in [5.41, 5.74) is 1.17. The molecule has 154 valence electrons. The standard InChI is InChI=1S/C19H22N4O5S/c24-19(25)18(14-15-4-2-1-3-5-15)21-29(26,27)17-8-6-16(7-9-17)20-22-23-10-12-28-13-11-23/h1-9,18,21H,10-14H2,(H,24,25)/p-1/t18-/m1/s1. The molecule has 0 radical (unpaired) electrons. The Hall–Kier alpha value is -2.82. The van der Waals surface area contributed by atoms with E-state index in [2.05, 4.69) is 15.1 Å². The van der Waals surface area contributed by atoms with E-state index in [1.54, 1.807) is 35.3 Å². The summed E-state index contributed by atoms with van der Waals surface area (Å²) in [5.74, 6) is -1.49. The number of nitrogens with zero attached hydrogens (tertiary/aromatic N) is 3. The molecule has 0 aromatic heterocycles. The number of sulfonamides is 1. The van der Waals surface area contributed by atoms with Gasteiger partial charge in [-0.15, -0.1) is 5.11 Å². The molecular formula is C19H21N4O5S-. The minimum Gasteiger partial charge on any atom is -0.548 e. The fourth-order valence-electron chi connectivity index (χ4n) is 2.73. The van der Waals surface area contributed by atoms with E-state index in [-0.39, 0.29) is 11.3 Å². The van der Waals surface area contributed by atoms with E-state index in [9.17, 15) is 18.3 Å². The van der Waals surface area contributed by atoms with E-state index in [1.807, 2.05) is 0 Å². The van der Waals surface area contributed by atoms with Crippen LogP contribution in [-0.4, -0.2) is 51.7 Å². The zero-order valence-electron chi connectivity index (χ0n) is 15.6. The van der Waals surface area contributed by atoms with Crippen LogP contribution in [0.15, 0.2) is 69.8 Å². The van der Waals surface area contributed by atoms with Crippen molar-refractivity contribution in [3.63, 3.8) is 0 Å². The first-order chi connectivity index (χ1) is 13.9. The van der Waals surface area contributed by atoms with Gasteiger partial charge in [0.25, 0.3) is 0 Å². The molecule has 1 N–H and O–H groups in total. The topological polar surface area (TPSA) is 123 Å². The number of rotatable bonds is 8. The molecule has 0 saturated carbocycles. The zero-order valence-corrected chi connectivity index (χ0v) is 16.4. The number of benzene rings is 2. The Morgan fingerprint density at radius 2 is 1.76 bits per heavy atom. The van der Waals surface area contributed by atoms with Crippen LogP contribution in [0.25, 0.3) is 0 Å². The number of aliphatic carboxylic acids is 1. The van der Waals surface area contributed by atoms with Gasteiger partial charge < -0.3 is 14.6 Å². The molecule has 0 unspecified atom stereocenters. The Morgan fingerprint density at radius 3 is 2.38 bits per heavy atom. The number of nitrogens with one attached hydrogen (secondary N) is 1. The quantitative estimate of drug-likeness (QED) is 0.629. The Balaban J connectivity index is 1.67. The third kappa shape index (κ3) is 6.08. The first kappa shape index (κ1) is 20.9. The van der Waals surface area contributed by atoms with Gasteiger partial charge in [-0.05, 0) is 36.2 Å². The molecule has 3 rings (SSSR count). The number of hydrogen-bond acceptors (Lipinski definition) is 7. The van der Waals surface area contributed by atoms with Gasteiger partial charge in [0.2, 0.25) is 10.0 Å². The molecule has 0 amide bonds. The maximum atomic E-state index is 12.6. The van der Waals surface area contributed by atoms with Crippen molar-refractivity contribution in [2.75, 3.05) is 26.3 Å². The summed E-state index contributed by atoms with van der Waals surface area (Å²) in [5, 5.41) is 21.4. The summed E-state index contributed by atoms with van der Waals surface area (Å²) in [6, 6.07) is 13.1. The summed E-state index contributed by atoms with van der Waals surface area (Å²) in [7, 11) is -4.05. The molecule has 29 heavy (non-hydrogen) atoms. The molecule has 1 fully saturated rings. The number of carbonyl (C=O) groups excluding carboxylic acids is 1. The minimum absolute atomic E-state index is 0.0196. The average Bonchev–Trinajstić information content (AvgIpc) is 2.73. The molecule has 1 heterocycles. The molecule has 9 nitrogen and oxygen atoms in total. The maximum Gasteiger partial charge on any atom is 0.241 e. The largest absolute Gasteiger partial charge is 0.548 e. The van der Waals surface area contributed by atoms with Crippen molar-refractivity contribution in [3.8, 4) is 0 Å². The highest BCUT2D eigenvalue weighted by atomic mass is 32.2. The predicted molar refractivity (Wildman–Crippen MR) is 103 cm³/mol. The lowest BCUT2D eigenvalue weighted by Crippen LogP contribution is -2.49. The highest BCUT2D eigenvalue weighted by Crippen LogP contribution is 2.18. The second kappa shape index (κ2) is 9.59. The normalized spacial score (nSPS) is 16.1. The van der Waals surface area contributed by atoms with Crippen molar-refractivity contribution in [2.45, 2.75) is 17.4 Å². The Labute approximate surface area is 169 Å². The second-order valence-corrected chi connectivity index (χ2v) is 8.15. The second-order valence-electron chi connectivity index (χ2n) is 6.43. The van der Waals surface area contributed by atoms with Gasteiger partial charge in [0.15, 0.2) is 0 Å². The van der Waals surface area contributed by atoms with Crippen LogP contribution in [0.3, 0.4) is 0 Å². The minimum atomic E-state index is -4.05. The van der Waals surface area contributed by atoms with E-state index in [0.29, 0.717) is 37.6 Å². The smallest absolute Gasteiger partial charge is 0.241 e. The first-order valence-corrected chi connectivity index (χ1v) is 10.5. The fourth-order valence-corrected chi connectivity index (χ4v) is 3.91. The fraction of sp³-hybridized carbons (Fsp3) is 0.316. The van der Waals surface area contributed by atoms with Crippen LogP contribution in [0.1, 0.15) is 5.56 Å². The van der Waals surface area contributed by atoms with Crippen molar-refractivity contribution in [3.05, 3.63) is 60.2 Å². The van der Waals surface area contributed by atoms with E-state index < -0.39 is 22.0 Å². The average molecular weight is 417 g/mol. The van der Waals surface area contributed by atoms with Crippen molar-refractivity contribution < 1.29 is 23.1 Å². The molecule has 2 aromatic rings. The van der Waals surface area contributed by atoms with E-state index >= 15 is 0 Å². The van der Waals surface area contributed by atoms with Gasteiger partial charge in [-0.1, -0.05) is 35.6 Å². The highest BCUT2D eigenvalue weighted by Gasteiger charge is 2.21.